The standard InChI is InChI=1S/C14H20BrNO.ClH/c1-11-4-5-14(13(15)9-11)17-8-6-12-3-2-7-16-10-12;/h4-5,9,12,16H,2-3,6-8,10H2,1H3;1H. The fraction of sp³-hybridized carbons (Fsp3) is 0.571. The molecule has 0 amide bonds. The lowest BCUT2D eigenvalue weighted by atomic mass is 9.97. The minimum absolute atomic E-state index is 0. The molecule has 1 atom stereocenters. The first kappa shape index (κ1) is 15.8. The molecule has 1 unspecified atom stereocenters. The third kappa shape index (κ3) is 4.79. The van der Waals surface area contributed by atoms with Crippen molar-refractivity contribution in [3.63, 3.8) is 0 Å². The lowest BCUT2D eigenvalue weighted by molar-refractivity contribution is 0.253. The Morgan fingerprint density at radius 2 is 2.28 bits per heavy atom. The van der Waals surface area contributed by atoms with Crippen LogP contribution in [0.5, 0.6) is 5.75 Å². The number of benzene rings is 1. The molecular weight excluding hydrogens is 314 g/mol. The first-order chi connectivity index (χ1) is 8.25. The monoisotopic (exact) mass is 333 g/mol. The van der Waals surface area contributed by atoms with Gasteiger partial charge in [0, 0.05) is 0 Å². The number of rotatable bonds is 4. The van der Waals surface area contributed by atoms with E-state index in [0.29, 0.717) is 0 Å². The van der Waals surface area contributed by atoms with Gasteiger partial charge in [0.15, 0.2) is 0 Å². The summed E-state index contributed by atoms with van der Waals surface area (Å²) in [6, 6.07) is 6.22. The molecule has 0 bridgehead atoms. The molecule has 4 heteroatoms. The van der Waals surface area contributed by atoms with Gasteiger partial charge in [-0.25, -0.2) is 0 Å². The van der Waals surface area contributed by atoms with Gasteiger partial charge in [-0.1, -0.05) is 6.07 Å². The Morgan fingerprint density at radius 3 is 2.94 bits per heavy atom. The minimum Gasteiger partial charge on any atom is -0.492 e. The van der Waals surface area contributed by atoms with Gasteiger partial charge in [0.05, 0.1) is 11.1 Å². The van der Waals surface area contributed by atoms with Gasteiger partial charge in [0.2, 0.25) is 0 Å². The van der Waals surface area contributed by atoms with Crippen LogP contribution in [-0.4, -0.2) is 19.7 Å². The van der Waals surface area contributed by atoms with Crippen molar-refractivity contribution in [2.75, 3.05) is 19.7 Å². The highest BCUT2D eigenvalue weighted by Crippen LogP contribution is 2.26. The van der Waals surface area contributed by atoms with Crippen LogP contribution in [0.4, 0.5) is 0 Å². The van der Waals surface area contributed by atoms with E-state index in [2.05, 4.69) is 40.3 Å². The largest absolute Gasteiger partial charge is 0.492 e. The van der Waals surface area contributed by atoms with Crippen molar-refractivity contribution in [3.05, 3.63) is 28.2 Å². The maximum Gasteiger partial charge on any atom is 0.133 e. The van der Waals surface area contributed by atoms with Gasteiger partial charge in [0.1, 0.15) is 5.75 Å². The second-order valence-corrected chi connectivity index (χ2v) is 5.64. The third-order valence-electron chi connectivity index (χ3n) is 3.27. The maximum absolute atomic E-state index is 5.82. The summed E-state index contributed by atoms with van der Waals surface area (Å²) in [4.78, 5) is 0. The minimum atomic E-state index is 0. The topological polar surface area (TPSA) is 21.3 Å². The van der Waals surface area contributed by atoms with Gasteiger partial charge in [-0.05, 0) is 78.8 Å². The van der Waals surface area contributed by atoms with Crippen molar-refractivity contribution in [2.45, 2.75) is 26.2 Å². The summed E-state index contributed by atoms with van der Waals surface area (Å²) < 4.78 is 6.87. The van der Waals surface area contributed by atoms with Crippen LogP contribution in [0, 0.1) is 12.8 Å². The Morgan fingerprint density at radius 1 is 1.44 bits per heavy atom. The molecule has 0 radical (unpaired) electrons. The average molecular weight is 335 g/mol. The molecule has 2 rings (SSSR count). The third-order valence-corrected chi connectivity index (χ3v) is 3.89. The molecule has 1 saturated heterocycles. The molecular formula is C14H21BrClNO. The fourth-order valence-electron chi connectivity index (χ4n) is 2.23. The Balaban J connectivity index is 0.00000162. The zero-order valence-electron chi connectivity index (χ0n) is 10.7. The number of aryl methyl sites for hydroxylation is 1. The molecule has 0 spiro atoms. The molecule has 0 aliphatic carbocycles. The van der Waals surface area contributed by atoms with Crippen molar-refractivity contribution in [1.82, 2.24) is 5.32 Å². The van der Waals surface area contributed by atoms with Crippen LogP contribution in [0.15, 0.2) is 22.7 Å². The van der Waals surface area contributed by atoms with Gasteiger partial charge < -0.3 is 10.1 Å². The van der Waals surface area contributed by atoms with E-state index < -0.39 is 0 Å². The summed E-state index contributed by atoms with van der Waals surface area (Å²) in [7, 11) is 0. The second kappa shape index (κ2) is 8.03. The molecule has 1 fully saturated rings. The number of piperidine rings is 1. The number of halogens is 2. The highest BCUT2D eigenvalue weighted by atomic mass is 79.9. The normalized spacial score (nSPS) is 19.1. The van der Waals surface area contributed by atoms with E-state index in [0.717, 1.165) is 35.7 Å². The van der Waals surface area contributed by atoms with Crippen LogP contribution < -0.4 is 10.1 Å². The van der Waals surface area contributed by atoms with E-state index >= 15 is 0 Å². The van der Waals surface area contributed by atoms with E-state index in [1.54, 1.807) is 0 Å². The Labute approximate surface area is 124 Å². The fourth-order valence-corrected chi connectivity index (χ4v) is 2.84. The molecule has 18 heavy (non-hydrogen) atoms. The Kier molecular flexibility index (Phi) is 7.05. The summed E-state index contributed by atoms with van der Waals surface area (Å²) in [5.74, 6) is 1.74. The molecule has 0 aromatic heterocycles. The average Bonchev–Trinajstić information content (AvgIpc) is 2.33. The Bertz CT molecular complexity index is 367. The maximum atomic E-state index is 5.82. The molecule has 2 nitrogen and oxygen atoms in total. The lowest BCUT2D eigenvalue weighted by Crippen LogP contribution is -2.30. The predicted molar refractivity (Wildman–Crippen MR) is 81.8 cm³/mol. The molecule has 1 N–H and O–H groups in total. The molecule has 102 valence electrons. The number of ether oxygens (including phenoxy) is 1. The highest BCUT2D eigenvalue weighted by Gasteiger charge is 2.12. The first-order valence-corrected chi connectivity index (χ1v) is 7.14. The molecule has 1 aromatic carbocycles. The summed E-state index contributed by atoms with van der Waals surface area (Å²) >= 11 is 3.54. The van der Waals surface area contributed by atoms with E-state index in [1.165, 1.54) is 24.9 Å². The predicted octanol–water partition coefficient (Wildman–Crippen LogP) is 3.95. The molecule has 0 saturated carbocycles. The van der Waals surface area contributed by atoms with Crippen LogP contribution in [0.3, 0.4) is 0 Å². The quantitative estimate of drug-likeness (QED) is 0.900. The first-order valence-electron chi connectivity index (χ1n) is 6.35. The van der Waals surface area contributed by atoms with E-state index in [-0.39, 0.29) is 12.4 Å². The SMILES string of the molecule is Cc1ccc(OCCC2CCCNC2)c(Br)c1.Cl. The van der Waals surface area contributed by atoms with Gasteiger partial charge in [0.25, 0.3) is 0 Å². The zero-order valence-corrected chi connectivity index (χ0v) is 13.1. The molecule has 1 aliphatic rings. The van der Waals surface area contributed by atoms with E-state index in [4.69, 9.17) is 4.74 Å². The van der Waals surface area contributed by atoms with Gasteiger partial charge in [-0.2, -0.15) is 0 Å². The van der Waals surface area contributed by atoms with Crippen molar-refractivity contribution >= 4 is 28.3 Å². The molecule has 1 aliphatic heterocycles. The lowest BCUT2D eigenvalue weighted by Gasteiger charge is -2.22. The van der Waals surface area contributed by atoms with Crippen LogP contribution in [0.1, 0.15) is 24.8 Å². The summed E-state index contributed by atoms with van der Waals surface area (Å²) in [6.45, 7) is 5.23. The summed E-state index contributed by atoms with van der Waals surface area (Å²) in [5, 5.41) is 3.44. The smallest absolute Gasteiger partial charge is 0.133 e. The molecule has 1 heterocycles. The van der Waals surface area contributed by atoms with Crippen molar-refractivity contribution in [3.8, 4) is 5.75 Å². The van der Waals surface area contributed by atoms with Crippen LogP contribution in [0.2, 0.25) is 0 Å². The van der Waals surface area contributed by atoms with E-state index in [1.807, 2.05) is 6.07 Å². The van der Waals surface area contributed by atoms with Gasteiger partial charge >= 0.3 is 0 Å². The van der Waals surface area contributed by atoms with Gasteiger partial charge in [-0.15, -0.1) is 12.4 Å². The van der Waals surface area contributed by atoms with E-state index in [9.17, 15) is 0 Å². The summed E-state index contributed by atoms with van der Waals surface area (Å²) in [6.07, 6.45) is 3.79. The number of hydrogen-bond donors (Lipinski definition) is 1. The number of nitrogens with one attached hydrogen (secondary N) is 1. The summed E-state index contributed by atoms with van der Waals surface area (Å²) in [5.41, 5.74) is 1.25. The zero-order chi connectivity index (χ0) is 12.1. The van der Waals surface area contributed by atoms with Crippen LogP contribution in [-0.2, 0) is 0 Å². The van der Waals surface area contributed by atoms with Crippen molar-refractivity contribution in [1.29, 1.82) is 0 Å². The highest BCUT2D eigenvalue weighted by molar-refractivity contribution is 9.10. The van der Waals surface area contributed by atoms with Crippen LogP contribution >= 0.6 is 28.3 Å². The van der Waals surface area contributed by atoms with Crippen molar-refractivity contribution in [2.24, 2.45) is 5.92 Å². The van der Waals surface area contributed by atoms with Crippen LogP contribution in [0.25, 0.3) is 0 Å². The second-order valence-electron chi connectivity index (χ2n) is 4.78. The Hall–Kier alpha value is -0.250. The number of hydrogen-bond acceptors (Lipinski definition) is 2. The molecule has 1 aromatic rings. The van der Waals surface area contributed by atoms with Gasteiger partial charge in [-0.3, -0.25) is 0 Å². The van der Waals surface area contributed by atoms with Crippen molar-refractivity contribution < 1.29 is 4.74 Å².